The summed E-state index contributed by atoms with van der Waals surface area (Å²) in [4.78, 5) is 2.46. The van der Waals surface area contributed by atoms with Gasteiger partial charge in [-0.25, -0.2) is 0 Å². The smallest absolute Gasteiger partial charge is 0.143 e. The molecule has 0 radical (unpaired) electrons. The SMILES string of the molecule is c1ccc(-c2ccc(-c3ccc(N(c4ccc(-c5cccc6c5oc5ccccc56)cc4)c4cccc5c4-c4ccccc4C54c5ccccc5-c5c(-c6ccccc6)cccc54)cc3)cc2)cc1. The number of fused-ring (bicyclic) bond motifs is 13. The molecule has 69 heavy (non-hydrogen) atoms. The van der Waals surface area contributed by atoms with Crippen LogP contribution in [-0.2, 0) is 5.41 Å². The van der Waals surface area contributed by atoms with E-state index in [1.807, 2.05) is 6.07 Å². The lowest BCUT2D eigenvalue weighted by Gasteiger charge is -2.32. The van der Waals surface area contributed by atoms with Crippen LogP contribution in [0, 0.1) is 0 Å². The van der Waals surface area contributed by atoms with E-state index in [2.05, 4.69) is 260 Å². The summed E-state index contributed by atoms with van der Waals surface area (Å²) in [6.07, 6.45) is 0. The van der Waals surface area contributed by atoms with Crippen molar-refractivity contribution in [2.45, 2.75) is 5.41 Å². The first-order chi connectivity index (χ1) is 34.2. The Bertz CT molecular complexity index is 3920. The number of hydrogen-bond donors (Lipinski definition) is 0. The summed E-state index contributed by atoms with van der Waals surface area (Å²) in [6.45, 7) is 0. The summed E-state index contributed by atoms with van der Waals surface area (Å²) in [6, 6.07) is 95.4. The molecule has 1 aromatic heterocycles. The highest BCUT2D eigenvalue weighted by atomic mass is 16.3. The van der Waals surface area contributed by atoms with E-state index in [9.17, 15) is 0 Å². The lowest BCUT2D eigenvalue weighted by Crippen LogP contribution is -2.26. The van der Waals surface area contributed by atoms with Gasteiger partial charge in [0.05, 0.1) is 11.1 Å². The number of benzene rings is 11. The Balaban J connectivity index is 0.957. The molecule has 0 amide bonds. The lowest BCUT2D eigenvalue weighted by molar-refractivity contribution is 0.670. The van der Waals surface area contributed by atoms with Crippen molar-refractivity contribution >= 4 is 39.0 Å². The van der Waals surface area contributed by atoms with Gasteiger partial charge >= 0.3 is 0 Å². The van der Waals surface area contributed by atoms with Crippen molar-refractivity contribution in [2.24, 2.45) is 0 Å². The fraction of sp³-hybridized carbons (Fsp3) is 0.0149. The quantitative estimate of drug-likeness (QED) is 0.159. The molecule has 0 saturated carbocycles. The number of para-hydroxylation sites is 2. The van der Waals surface area contributed by atoms with Crippen LogP contribution in [0.5, 0.6) is 0 Å². The van der Waals surface area contributed by atoms with Crippen molar-refractivity contribution < 1.29 is 4.42 Å². The summed E-state index contributed by atoms with van der Waals surface area (Å²) in [5.41, 5.74) is 24.4. The molecule has 0 bridgehead atoms. The van der Waals surface area contributed by atoms with Gasteiger partial charge in [-0.05, 0) is 114 Å². The van der Waals surface area contributed by atoms with E-state index >= 15 is 0 Å². The Kier molecular flexibility index (Phi) is 8.84. The second-order valence-corrected chi connectivity index (χ2v) is 18.3. The second-order valence-electron chi connectivity index (χ2n) is 18.3. The number of hydrogen-bond acceptors (Lipinski definition) is 2. The molecule has 2 nitrogen and oxygen atoms in total. The van der Waals surface area contributed by atoms with Crippen LogP contribution in [0.15, 0.2) is 265 Å². The van der Waals surface area contributed by atoms with Crippen LogP contribution in [0.2, 0.25) is 0 Å². The zero-order valence-corrected chi connectivity index (χ0v) is 37.7. The van der Waals surface area contributed by atoms with Crippen molar-refractivity contribution in [3.05, 3.63) is 283 Å². The molecule has 1 atom stereocenters. The second kappa shape index (κ2) is 15.6. The summed E-state index contributed by atoms with van der Waals surface area (Å²) >= 11 is 0. The van der Waals surface area contributed by atoms with Crippen LogP contribution in [0.4, 0.5) is 17.1 Å². The lowest BCUT2D eigenvalue weighted by atomic mass is 9.70. The minimum Gasteiger partial charge on any atom is -0.455 e. The molecule has 2 aliphatic rings. The maximum absolute atomic E-state index is 6.53. The van der Waals surface area contributed by atoms with Crippen LogP contribution in [0.3, 0.4) is 0 Å². The van der Waals surface area contributed by atoms with Crippen molar-refractivity contribution in [2.75, 3.05) is 4.90 Å². The van der Waals surface area contributed by atoms with Crippen molar-refractivity contribution in [1.82, 2.24) is 0 Å². The minimum atomic E-state index is -0.519. The van der Waals surface area contributed by atoms with Gasteiger partial charge in [0.2, 0.25) is 0 Å². The third-order valence-corrected chi connectivity index (χ3v) is 14.7. The molecule has 322 valence electrons. The van der Waals surface area contributed by atoms with Gasteiger partial charge in [-0.15, -0.1) is 0 Å². The van der Waals surface area contributed by atoms with E-state index in [4.69, 9.17) is 4.42 Å². The highest BCUT2D eigenvalue weighted by Crippen LogP contribution is 2.65. The Labute approximate surface area is 401 Å². The van der Waals surface area contributed by atoms with E-state index in [0.29, 0.717) is 0 Å². The molecule has 2 heteroatoms. The largest absolute Gasteiger partial charge is 0.455 e. The highest BCUT2D eigenvalue weighted by molar-refractivity contribution is 6.10. The van der Waals surface area contributed by atoms with E-state index in [1.165, 1.54) is 77.9 Å². The number of furan rings is 1. The fourth-order valence-electron chi connectivity index (χ4n) is 11.7. The molecule has 14 rings (SSSR count). The number of rotatable bonds is 7. The van der Waals surface area contributed by atoms with Gasteiger partial charge in [0, 0.05) is 33.3 Å². The van der Waals surface area contributed by atoms with Crippen molar-refractivity contribution in [1.29, 1.82) is 0 Å². The Morgan fingerprint density at radius 2 is 0.696 bits per heavy atom. The maximum atomic E-state index is 6.53. The van der Waals surface area contributed by atoms with Crippen LogP contribution in [0.25, 0.3) is 88.7 Å². The molecule has 11 aromatic carbocycles. The third-order valence-electron chi connectivity index (χ3n) is 14.7. The van der Waals surface area contributed by atoms with Crippen molar-refractivity contribution in [3.63, 3.8) is 0 Å². The van der Waals surface area contributed by atoms with Crippen LogP contribution in [0.1, 0.15) is 22.3 Å². The maximum Gasteiger partial charge on any atom is 0.143 e. The van der Waals surface area contributed by atoms with E-state index in [0.717, 1.165) is 50.1 Å². The first kappa shape index (κ1) is 39.2. The average Bonchev–Trinajstić information content (AvgIpc) is 4.07. The topological polar surface area (TPSA) is 16.4 Å². The summed E-state index contributed by atoms with van der Waals surface area (Å²) in [5, 5.41) is 2.26. The predicted octanol–water partition coefficient (Wildman–Crippen LogP) is 18.1. The standard InChI is InChI=1S/C67H43NO/c1-3-16-44(17-4-1)45-32-34-46(35-33-45)47-36-40-50(41-37-47)68(51-42-38-49(39-43-51)53-24-13-25-55-54-20-9-12-31-63(54)69-66(53)55)62-30-15-29-61-65(62)57-22-8-11-27-59(57)67(61)58-26-10-7-21-56(58)64-52(23-14-28-60(64)67)48-18-5-2-6-19-48/h1-43H. The fourth-order valence-corrected chi connectivity index (χ4v) is 11.7. The first-order valence-electron chi connectivity index (χ1n) is 23.8. The molecule has 0 aliphatic heterocycles. The molecule has 0 saturated heterocycles. The average molecular weight is 878 g/mol. The monoisotopic (exact) mass is 877 g/mol. The Morgan fingerprint density at radius 3 is 1.36 bits per heavy atom. The molecular formula is C67H43NO. The normalized spacial score (nSPS) is 14.1. The van der Waals surface area contributed by atoms with Gasteiger partial charge in [-0.3, -0.25) is 0 Å². The zero-order chi connectivity index (χ0) is 45.5. The van der Waals surface area contributed by atoms with Gasteiger partial charge < -0.3 is 9.32 Å². The number of anilines is 3. The summed E-state index contributed by atoms with van der Waals surface area (Å²) < 4.78 is 6.53. The van der Waals surface area contributed by atoms with Gasteiger partial charge in [-0.1, -0.05) is 224 Å². The zero-order valence-electron chi connectivity index (χ0n) is 37.7. The van der Waals surface area contributed by atoms with Gasteiger partial charge in [0.1, 0.15) is 11.2 Å². The highest BCUT2D eigenvalue weighted by Gasteiger charge is 2.53. The summed E-state index contributed by atoms with van der Waals surface area (Å²) in [5.74, 6) is 0. The Morgan fingerprint density at radius 1 is 0.275 bits per heavy atom. The van der Waals surface area contributed by atoms with E-state index < -0.39 is 5.41 Å². The molecule has 12 aromatic rings. The molecule has 1 spiro atoms. The molecule has 1 unspecified atom stereocenters. The number of nitrogens with zero attached hydrogens (tertiary/aromatic N) is 1. The molecule has 0 fully saturated rings. The molecular weight excluding hydrogens is 835 g/mol. The van der Waals surface area contributed by atoms with Crippen LogP contribution in [-0.4, -0.2) is 0 Å². The van der Waals surface area contributed by atoms with E-state index in [-0.39, 0.29) is 0 Å². The summed E-state index contributed by atoms with van der Waals surface area (Å²) in [7, 11) is 0. The Hall–Kier alpha value is -8.98. The predicted molar refractivity (Wildman–Crippen MR) is 286 cm³/mol. The molecule has 0 N–H and O–H groups in total. The van der Waals surface area contributed by atoms with Crippen molar-refractivity contribution in [3.8, 4) is 66.8 Å². The third kappa shape index (κ3) is 5.92. The van der Waals surface area contributed by atoms with Crippen LogP contribution >= 0.6 is 0 Å². The van der Waals surface area contributed by atoms with Gasteiger partial charge in [-0.2, -0.15) is 0 Å². The first-order valence-corrected chi connectivity index (χ1v) is 23.8. The molecule has 1 heterocycles. The molecule has 2 aliphatic carbocycles. The minimum absolute atomic E-state index is 0.519. The van der Waals surface area contributed by atoms with Crippen LogP contribution < -0.4 is 4.90 Å². The van der Waals surface area contributed by atoms with Gasteiger partial charge in [0.15, 0.2) is 0 Å². The van der Waals surface area contributed by atoms with Gasteiger partial charge in [0.25, 0.3) is 0 Å². The van der Waals surface area contributed by atoms with E-state index in [1.54, 1.807) is 0 Å².